The number of ether oxygens (including phenoxy) is 3. The number of unbranched alkanes of at least 4 members (excludes halogenated alkanes) is 34. The highest BCUT2D eigenvalue weighted by Crippen LogP contribution is 2.16. The van der Waals surface area contributed by atoms with Gasteiger partial charge in [-0.25, -0.2) is 0 Å². The number of allylic oxidation sites excluding steroid dienone is 8. The van der Waals surface area contributed by atoms with Gasteiger partial charge in [-0.3, -0.25) is 14.4 Å². The number of hydrogen-bond donors (Lipinski definition) is 0. The molecule has 0 aromatic rings. The van der Waals surface area contributed by atoms with E-state index in [4.69, 9.17) is 14.2 Å². The zero-order chi connectivity index (χ0) is 48.6. The average molecular weight is 940 g/mol. The molecule has 6 heteroatoms. The first-order valence-corrected chi connectivity index (χ1v) is 29.1. The fourth-order valence-electron chi connectivity index (χ4n) is 8.45. The average Bonchev–Trinajstić information content (AvgIpc) is 3.33. The van der Waals surface area contributed by atoms with Gasteiger partial charge < -0.3 is 14.2 Å². The van der Waals surface area contributed by atoms with E-state index < -0.39 is 6.10 Å². The molecule has 0 unspecified atom stereocenters. The maximum absolute atomic E-state index is 12.8. The molecular formula is C61H110O6. The van der Waals surface area contributed by atoms with E-state index in [-0.39, 0.29) is 31.1 Å². The molecule has 0 spiro atoms. The maximum atomic E-state index is 12.8. The molecule has 0 aromatic heterocycles. The number of rotatable bonds is 53. The number of hydrogen-bond acceptors (Lipinski definition) is 6. The van der Waals surface area contributed by atoms with Crippen LogP contribution in [0, 0.1) is 0 Å². The summed E-state index contributed by atoms with van der Waals surface area (Å²) in [7, 11) is 0. The Hall–Kier alpha value is -2.63. The van der Waals surface area contributed by atoms with Crippen molar-refractivity contribution in [2.45, 2.75) is 309 Å². The Balaban J connectivity index is 4.35. The highest BCUT2D eigenvalue weighted by atomic mass is 16.6. The minimum absolute atomic E-state index is 0.0776. The summed E-state index contributed by atoms with van der Waals surface area (Å²) in [6.45, 7) is 6.55. The second-order valence-corrected chi connectivity index (χ2v) is 19.5. The lowest BCUT2D eigenvalue weighted by atomic mass is 10.0. The lowest BCUT2D eigenvalue weighted by Gasteiger charge is -2.18. The molecule has 0 saturated carbocycles. The van der Waals surface area contributed by atoms with Gasteiger partial charge >= 0.3 is 17.9 Å². The molecule has 0 bridgehead atoms. The van der Waals surface area contributed by atoms with Crippen molar-refractivity contribution in [3.05, 3.63) is 48.6 Å². The fourth-order valence-corrected chi connectivity index (χ4v) is 8.45. The van der Waals surface area contributed by atoms with Crippen molar-refractivity contribution in [2.75, 3.05) is 13.2 Å². The molecule has 0 amide bonds. The first-order chi connectivity index (χ1) is 33.0. The van der Waals surface area contributed by atoms with Crippen LogP contribution in [0.25, 0.3) is 0 Å². The molecule has 0 radical (unpaired) electrons. The van der Waals surface area contributed by atoms with Crippen LogP contribution < -0.4 is 0 Å². The summed E-state index contributed by atoms with van der Waals surface area (Å²) in [5.41, 5.74) is 0. The lowest BCUT2D eigenvalue weighted by molar-refractivity contribution is -0.167. The van der Waals surface area contributed by atoms with Gasteiger partial charge in [0.05, 0.1) is 0 Å². The molecule has 6 nitrogen and oxygen atoms in total. The smallest absolute Gasteiger partial charge is 0.306 e. The Kier molecular flexibility index (Phi) is 53.8. The molecule has 0 saturated heterocycles. The summed E-state index contributed by atoms with van der Waals surface area (Å²) in [5, 5.41) is 0. The molecule has 1 atom stereocenters. The molecule has 0 fully saturated rings. The van der Waals surface area contributed by atoms with Crippen LogP contribution in [-0.2, 0) is 28.6 Å². The molecule has 390 valence electrons. The number of esters is 3. The standard InChI is InChI=1S/C61H110O6/c1-4-7-10-13-16-19-22-25-28-29-30-31-34-36-39-42-45-48-51-54-60(63)66-57-58(67-61(64)55-52-49-46-43-40-37-33-27-24-21-18-15-12-9-6-3)56-65-59(62)53-50-47-44-41-38-35-32-26-23-20-17-14-11-8-5-2/h9,12,18,21,25,27-28,33,58H,4-8,10-11,13-17,19-20,22-24,26,29-32,34-57H2,1-3H3/b12-9-,21-18-,28-25-,33-27-/t58-/m1/s1. The zero-order valence-corrected chi connectivity index (χ0v) is 44.7. The van der Waals surface area contributed by atoms with Gasteiger partial charge in [-0.2, -0.15) is 0 Å². The van der Waals surface area contributed by atoms with Crippen molar-refractivity contribution in [3.63, 3.8) is 0 Å². The van der Waals surface area contributed by atoms with Crippen LogP contribution in [0.1, 0.15) is 303 Å². The predicted molar refractivity (Wildman–Crippen MR) is 289 cm³/mol. The molecule has 0 heterocycles. The minimum atomic E-state index is -0.781. The third-order valence-electron chi connectivity index (χ3n) is 12.8. The van der Waals surface area contributed by atoms with E-state index >= 15 is 0 Å². The largest absolute Gasteiger partial charge is 0.462 e. The summed E-state index contributed by atoms with van der Waals surface area (Å²) in [6, 6.07) is 0. The van der Waals surface area contributed by atoms with Gasteiger partial charge in [0.2, 0.25) is 0 Å². The van der Waals surface area contributed by atoms with E-state index in [2.05, 4.69) is 69.4 Å². The van der Waals surface area contributed by atoms with E-state index in [1.807, 2.05) is 0 Å². The molecule has 0 aromatic carbocycles. The normalized spacial score (nSPS) is 12.3. The van der Waals surface area contributed by atoms with Crippen molar-refractivity contribution in [1.82, 2.24) is 0 Å². The van der Waals surface area contributed by atoms with Gasteiger partial charge in [-0.15, -0.1) is 0 Å². The highest BCUT2D eigenvalue weighted by molar-refractivity contribution is 5.71. The van der Waals surface area contributed by atoms with Crippen LogP contribution in [0.2, 0.25) is 0 Å². The Morgan fingerprint density at radius 2 is 0.582 bits per heavy atom. The van der Waals surface area contributed by atoms with Crippen LogP contribution >= 0.6 is 0 Å². The summed E-state index contributed by atoms with van der Waals surface area (Å²) in [6.07, 6.45) is 68.1. The molecule has 67 heavy (non-hydrogen) atoms. The molecule has 0 aliphatic rings. The number of carbonyl (C=O) groups is 3. The lowest BCUT2D eigenvalue weighted by Crippen LogP contribution is -2.30. The fraction of sp³-hybridized carbons (Fsp3) is 0.820. The van der Waals surface area contributed by atoms with E-state index in [1.54, 1.807) is 0 Å². The molecule has 0 rings (SSSR count). The van der Waals surface area contributed by atoms with Gasteiger partial charge in [-0.1, -0.05) is 256 Å². The maximum Gasteiger partial charge on any atom is 0.306 e. The van der Waals surface area contributed by atoms with Crippen LogP contribution in [0.15, 0.2) is 48.6 Å². The van der Waals surface area contributed by atoms with Gasteiger partial charge in [0.25, 0.3) is 0 Å². The highest BCUT2D eigenvalue weighted by Gasteiger charge is 2.19. The van der Waals surface area contributed by atoms with Crippen LogP contribution in [0.3, 0.4) is 0 Å². The molecule has 0 N–H and O–H groups in total. The quantitative estimate of drug-likeness (QED) is 0.0262. The Morgan fingerprint density at radius 3 is 0.925 bits per heavy atom. The van der Waals surface area contributed by atoms with Gasteiger partial charge in [0.15, 0.2) is 6.10 Å². The molecule has 0 aliphatic carbocycles. The van der Waals surface area contributed by atoms with E-state index in [1.165, 1.54) is 167 Å². The second kappa shape index (κ2) is 56.0. The second-order valence-electron chi connectivity index (χ2n) is 19.5. The third kappa shape index (κ3) is 54.2. The van der Waals surface area contributed by atoms with Gasteiger partial charge in [0, 0.05) is 19.3 Å². The predicted octanol–water partition coefficient (Wildman–Crippen LogP) is 19.4. The Labute approximate surface area is 416 Å². The Bertz CT molecular complexity index is 1170. The zero-order valence-electron chi connectivity index (χ0n) is 44.7. The van der Waals surface area contributed by atoms with Gasteiger partial charge in [-0.05, 0) is 77.0 Å². The molecular weight excluding hydrogens is 829 g/mol. The first-order valence-electron chi connectivity index (χ1n) is 29.1. The van der Waals surface area contributed by atoms with E-state index in [0.717, 1.165) is 96.3 Å². The van der Waals surface area contributed by atoms with Gasteiger partial charge in [0.1, 0.15) is 13.2 Å². The summed E-state index contributed by atoms with van der Waals surface area (Å²) >= 11 is 0. The van der Waals surface area contributed by atoms with Crippen molar-refractivity contribution < 1.29 is 28.6 Å². The van der Waals surface area contributed by atoms with E-state index in [9.17, 15) is 14.4 Å². The van der Waals surface area contributed by atoms with Crippen molar-refractivity contribution in [1.29, 1.82) is 0 Å². The minimum Gasteiger partial charge on any atom is -0.462 e. The summed E-state index contributed by atoms with van der Waals surface area (Å²) in [5.74, 6) is -0.881. The van der Waals surface area contributed by atoms with Crippen LogP contribution in [-0.4, -0.2) is 37.2 Å². The monoisotopic (exact) mass is 939 g/mol. The SMILES string of the molecule is CC/C=C\C/C=C\C/C=C\CCCCCCCC(=O)O[C@@H](COC(=O)CCCCCCCCCCC/C=C\CCCCCCCC)COC(=O)CCCCCCCCCCCCCCCCC. The van der Waals surface area contributed by atoms with Crippen LogP contribution in [0.4, 0.5) is 0 Å². The van der Waals surface area contributed by atoms with Crippen LogP contribution in [0.5, 0.6) is 0 Å². The molecule has 0 aliphatic heterocycles. The number of carbonyl (C=O) groups excluding carboxylic acids is 3. The summed E-state index contributed by atoms with van der Waals surface area (Å²) in [4.78, 5) is 38.2. The van der Waals surface area contributed by atoms with Crippen molar-refractivity contribution in [3.8, 4) is 0 Å². The Morgan fingerprint density at radius 1 is 0.313 bits per heavy atom. The topological polar surface area (TPSA) is 78.9 Å². The first kappa shape index (κ1) is 64.4. The van der Waals surface area contributed by atoms with Crippen molar-refractivity contribution >= 4 is 17.9 Å². The van der Waals surface area contributed by atoms with Crippen molar-refractivity contribution in [2.24, 2.45) is 0 Å². The van der Waals surface area contributed by atoms with E-state index in [0.29, 0.717) is 19.3 Å². The third-order valence-corrected chi connectivity index (χ3v) is 12.8. The summed E-state index contributed by atoms with van der Waals surface area (Å²) < 4.78 is 16.9.